The predicted octanol–water partition coefficient (Wildman–Crippen LogP) is 6.72. The lowest BCUT2D eigenvalue weighted by Gasteiger charge is -2.26. The zero-order valence-electron chi connectivity index (χ0n) is 26.5. The van der Waals surface area contributed by atoms with E-state index in [0.717, 1.165) is 29.3 Å². The summed E-state index contributed by atoms with van der Waals surface area (Å²) < 4.78 is 20.4. The molecule has 14 heteroatoms. The fourth-order valence-corrected chi connectivity index (χ4v) is 5.15. The Labute approximate surface area is 278 Å². The number of ether oxygens (including phenoxy) is 4. The molecule has 2 aromatic rings. The minimum absolute atomic E-state index is 0.107. The highest BCUT2D eigenvalue weighted by Crippen LogP contribution is 2.34. The van der Waals surface area contributed by atoms with E-state index < -0.39 is 51.7 Å². The maximum Gasteiger partial charge on any atom is 0.408 e. The molecular formula is C30H44Cl3N3O7S. The number of benzene rings is 1. The fraction of sp³-hybridized carbons (Fsp3) is 0.633. The fourth-order valence-electron chi connectivity index (χ4n) is 3.88. The first-order chi connectivity index (χ1) is 20.3. The largest absolute Gasteiger partial charge is 0.494 e. The maximum atomic E-state index is 13.1. The molecule has 0 aliphatic carbocycles. The summed E-state index contributed by atoms with van der Waals surface area (Å²) in [7, 11) is 1.63. The molecule has 0 saturated carbocycles. The Morgan fingerprint density at radius 2 is 1.64 bits per heavy atom. The number of thioether (sulfide) groups is 1. The highest BCUT2D eigenvalue weighted by atomic mass is 35.6. The molecular weight excluding hydrogens is 653 g/mol. The van der Waals surface area contributed by atoms with Crippen molar-refractivity contribution in [3.63, 3.8) is 0 Å². The third kappa shape index (κ3) is 13.5. The number of esters is 2. The molecule has 0 aliphatic rings. The second kappa shape index (κ2) is 16.5. The highest BCUT2D eigenvalue weighted by molar-refractivity contribution is 7.99. The molecule has 0 radical (unpaired) electrons. The van der Waals surface area contributed by atoms with Gasteiger partial charge in [-0.3, -0.25) is 4.79 Å². The topological polar surface area (TPSA) is 128 Å². The molecule has 1 heterocycles. The summed E-state index contributed by atoms with van der Waals surface area (Å²) in [5.74, 6) is -0.401. The van der Waals surface area contributed by atoms with Crippen LogP contribution < -0.4 is 15.4 Å². The molecule has 2 atom stereocenters. The van der Waals surface area contributed by atoms with Gasteiger partial charge >= 0.3 is 18.0 Å². The van der Waals surface area contributed by atoms with Crippen LogP contribution in [0.25, 0.3) is 10.9 Å². The van der Waals surface area contributed by atoms with Gasteiger partial charge in [-0.05, 0) is 72.7 Å². The first-order valence-electron chi connectivity index (χ1n) is 14.3. The van der Waals surface area contributed by atoms with Crippen molar-refractivity contribution in [3.8, 4) is 5.75 Å². The van der Waals surface area contributed by atoms with Gasteiger partial charge in [0, 0.05) is 23.6 Å². The van der Waals surface area contributed by atoms with Gasteiger partial charge in [-0.1, -0.05) is 48.1 Å². The summed E-state index contributed by atoms with van der Waals surface area (Å²) in [6.07, 6.45) is 1.40. The normalized spacial score (nSPS) is 13.7. The van der Waals surface area contributed by atoms with Crippen LogP contribution in [-0.4, -0.2) is 76.1 Å². The van der Waals surface area contributed by atoms with Crippen LogP contribution in [0, 0.1) is 0 Å². The zero-order chi connectivity index (χ0) is 33.3. The molecule has 0 unspecified atom stereocenters. The molecule has 44 heavy (non-hydrogen) atoms. The molecule has 0 bridgehead atoms. The second-order valence-electron chi connectivity index (χ2n) is 12.2. The number of fused-ring (bicyclic) bond motifs is 1. The van der Waals surface area contributed by atoms with Gasteiger partial charge in [-0.2, -0.15) is 0 Å². The van der Waals surface area contributed by atoms with Crippen molar-refractivity contribution in [1.29, 1.82) is 0 Å². The van der Waals surface area contributed by atoms with Crippen LogP contribution in [0.5, 0.6) is 5.75 Å². The average molecular weight is 697 g/mol. The zero-order valence-corrected chi connectivity index (χ0v) is 29.6. The Kier molecular flexibility index (Phi) is 14.3. The molecule has 1 aromatic carbocycles. The average Bonchev–Trinajstić information content (AvgIpc) is 3.22. The van der Waals surface area contributed by atoms with Crippen LogP contribution in [0.1, 0.15) is 66.9 Å². The van der Waals surface area contributed by atoms with E-state index in [1.165, 1.54) is 11.8 Å². The number of hydrogen-bond acceptors (Lipinski definition) is 9. The summed E-state index contributed by atoms with van der Waals surface area (Å²) >= 11 is 18.6. The number of carbonyl (C=O) groups excluding carboxylic acids is 3. The maximum absolute atomic E-state index is 13.1. The second-order valence-corrected chi connectivity index (χ2v) is 15.7. The van der Waals surface area contributed by atoms with E-state index in [2.05, 4.69) is 22.5 Å². The number of aromatic nitrogens is 1. The number of halogens is 3. The number of H-pyrrole nitrogens is 1. The molecule has 1 amide bonds. The molecule has 0 saturated heterocycles. The lowest BCUT2D eigenvalue weighted by atomic mass is 10.0. The number of unbranched alkanes of at least 4 members (excludes halogenated alkanes) is 1. The Bertz CT molecular complexity index is 1270. The Balaban J connectivity index is 2.43. The monoisotopic (exact) mass is 695 g/mol. The Morgan fingerprint density at radius 1 is 0.977 bits per heavy atom. The van der Waals surface area contributed by atoms with Crippen molar-refractivity contribution in [2.45, 2.75) is 99.8 Å². The molecule has 2 rings (SSSR count). The van der Waals surface area contributed by atoms with E-state index in [1.54, 1.807) is 48.6 Å². The number of carbonyl (C=O) groups is 3. The molecule has 1 aromatic heterocycles. The number of hydrogen-bond donors (Lipinski definition) is 3. The van der Waals surface area contributed by atoms with Crippen molar-refractivity contribution < 1.29 is 33.3 Å². The van der Waals surface area contributed by atoms with Gasteiger partial charge in [-0.25, -0.2) is 9.59 Å². The van der Waals surface area contributed by atoms with Crippen LogP contribution in [0.15, 0.2) is 23.2 Å². The predicted molar refractivity (Wildman–Crippen MR) is 176 cm³/mol. The van der Waals surface area contributed by atoms with Gasteiger partial charge < -0.3 is 34.6 Å². The van der Waals surface area contributed by atoms with E-state index in [9.17, 15) is 14.4 Å². The van der Waals surface area contributed by atoms with Crippen molar-refractivity contribution in [1.82, 2.24) is 15.6 Å². The number of nitrogens with one attached hydrogen (secondary N) is 3. The van der Waals surface area contributed by atoms with Gasteiger partial charge in [-0.15, -0.1) is 11.8 Å². The lowest BCUT2D eigenvalue weighted by molar-refractivity contribution is -0.156. The molecule has 0 aliphatic heterocycles. The van der Waals surface area contributed by atoms with Crippen LogP contribution in [0.4, 0.5) is 4.79 Å². The van der Waals surface area contributed by atoms with Gasteiger partial charge in [0.25, 0.3) is 0 Å². The van der Waals surface area contributed by atoms with E-state index in [0.29, 0.717) is 17.4 Å². The van der Waals surface area contributed by atoms with E-state index in [4.69, 9.17) is 53.8 Å². The standard InChI is InChI=1S/C30H44Cl3N3O7S/c1-9-10-13-40-18-11-12-19-20(15-22(34-8)25(37)41-17-30(31,32)33)24(35-21(19)14-18)44-16-23(26(38)42-28(2,3)4)36-27(39)43-29(5,6)7/h11-12,14,22-23,34-35H,9-10,13,15-17H2,1-8H3,(H,36,39)/t22-,23-/m0/s1. The van der Waals surface area contributed by atoms with Crippen LogP contribution in [0.2, 0.25) is 0 Å². The number of likely N-dealkylation sites (N-methyl/N-ethyl adjacent to an activating group) is 1. The van der Waals surface area contributed by atoms with Gasteiger partial charge in [0.1, 0.15) is 35.6 Å². The third-order valence-electron chi connectivity index (χ3n) is 5.80. The van der Waals surface area contributed by atoms with Gasteiger partial charge in [0.05, 0.1) is 17.1 Å². The SMILES string of the molecule is CCCCOc1ccc2c(C[C@H](NC)C(=O)OCC(Cl)(Cl)Cl)c(SC[C@H](NC(=O)OC(C)(C)C)C(=O)OC(C)(C)C)[nH]c2c1. The van der Waals surface area contributed by atoms with Crippen molar-refractivity contribution >= 4 is 75.5 Å². The minimum atomic E-state index is -1.75. The number of rotatable bonds is 14. The van der Waals surface area contributed by atoms with Crippen molar-refractivity contribution in [2.75, 3.05) is 26.0 Å². The highest BCUT2D eigenvalue weighted by Gasteiger charge is 2.31. The lowest BCUT2D eigenvalue weighted by Crippen LogP contribution is -2.47. The summed E-state index contributed by atoms with van der Waals surface area (Å²) in [5.41, 5.74) is 0.0258. The van der Waals surface area contributed by atoms with Crippen LogP contribution >= 0.6 is 46.6 Å². The summed E-state index contributed by atoms with van der Waals surface area (Å²) in [5, 5.41) is 7.14. The van der Waals surface area contributed by atoms with Crippen molar-refractivity contribution in [3.05, 3.63) is 23.8 Å². The number of alkyl halides is 3. The van der Waals surface area contributed by atoms with Gasteiger partial charge in [0.15, 0.2) is 0 Å². The first-order valence-corrected chi connectivity index (χ1v) is 16.5. The minimum Gasteiger partial charge on any atom is -0.494 e. The summed E-state index contributed by atoms with van der Waals surface area (Å²) in [6.45, 7) is 12.7. The molecule has 0 spiro atoms. The van der Waals surface area contributed by atoms with Crippen molar-refractivity contribution in [2.24, 2.45) is 0 Å². The smallest absolute Gasteiger partial charge is 0.408 e. The molecule has 3 N–H and O–H groups in total. The summed E-state index contributed by atoms with van der Waals surface area (Å²) in [6, 6.07) is 3.86. The quantitative estimate of drug-likeness (QED) is 0.0649. The van der Waals surface area contributed by atoms with Gasteiger partial charge in [0.2, 0.25) is 3.79 Å². The Morgan fingerprint density at radius 3 is 2.20 bits per heavy atom. The van der Waals surface area contributed by atoms with E-state index >= 15 is 0 Å². The van der Waals surface area contributed by atoms with Crippen LogP contribution in [-0.2, 0) is 30.2 Å². The molecule has 10 nitrogen and oxygen atoms in total. The summed E-state index contributed by atoms with van der Waals surface area (Å²) in [4.78, 5) is 42.1. The number of aromatic amines is 1. The molecule has 248 valence electrons. The molecule has 0 fully saturated rings. The third-order valence-corrected chi connectivity index (χ3v) is 7.27. The van der Waals surface area contributed by atoms with Crippen LogP contribution in [0.3, 0.4) is 0 Å². The van der Waals surface area contributed by atoms with E-state index in [1.807, 2.05) is 18.2 Å². The number of amides is 1. The van der Waals surface area contributed by atoms with E-state index in [-0.39, 0.29) is 12.2 Å². The first kappa shape index (κ1) is 38.1. The Hall–Kier alpha value is -2.05. The number of alkyl carbamates (subject to hydrolysis) is 1.